The second-order valence-electron chi connectivity index (χ2n) is 22.8. The molecule has 6 atom stereocenters. The molecule has 4 saturated heterocycles. The second-order valence-corrected chi connectivity index (χ2v) is 22.8. The number of alkyl halides is 6. The molecule has 0 saturated carbocycles. The number of carbonyl (C=O) groups excluding carboxylic acids is 4. The lowest BCUT2D eigenvalue weighted by molar-refractivity contribution is -0.231. The van der Waals surface area contributed by atoms with E-state index in [1.165, 1.54) is 18.3 Å². The number of aliphatic hydroxyl groups is 1. The van der Waals surface area contributed by atoms with Gasteiger partial charge in [-0.3, -0.25) is 29.7 Å². The number of hydrazine groups is 1. The molecule has 0 radical (unpaired) electrons. The SMILES string of the molecule is COC(=O)C[C@H](C(=O)NN(Cc1c(F)cc(-c2cc(OC3COC3)ccn2)cc1F)C[C@H](O)[C@@H](CC(=O)[C@@H](NC(=O)OC)C(C)(C)C(F)(F)F)Cc1ccc(C#Cc2ccc(N3CC4CCC(C3)N4C3COC3)nc2)cc1)C(C)(C)C(F)(F)F. The molecule has 4 aromatic rings. The average molecular weight is 1190 g/mol. The number of nitrogens with zero attached hydrogens (tertiary/aromatic N) is 5. The zero-order valence-electron chi connectivity index (χ0n) is 47.1. The quantitative estimate of drug-likeness (QED) is 0.0299. The van der Waals surface area contributed by atoms with Gasteiger partial charge in [0.2, 0.25) is 5.91 Å². The van der Waals surface area contributed by atoms with Crippen molar-refractivity contribution in [2.24, 2.45) is 22.7 Å². The third-order valence-electron chi connectivity index (χ3n) is 16.3. The van der Waals surface area contributed by atoms with Crippen LogP contribution >= 0.6 is 0 Å². The molecule has 2 aromatic heterocycles. The average Bonchev–Trinajstić information content (AvgIpc) is 2.00. The maximum Gasteiger partial charge on any atom is 0.407 e. The number of fused-ring (bicyclic) bond motifs is 2. The van der Waals surface area contributed by atoms with Crippen LogP contribution in [0.15, 0.2) is 73.1 Å². The van der Waals surface area contributed by atoms with Gasteiger partial charge in [0.25, 0.3) is 0 Å². The number of amides is 2. The van der Waals surface area contributed by atoms with Gasteiger partial charge in [-0.15, -0.1) is 0 Å². The van der Waals surface area contributed by atoms with Gasteiger partial charge in [-0.1, -0.05) is 37.8 Å². The molecule has 4 aliphatic rings. The lowest BCUT2D eigenvalue weighted by Gasteiger charge is -2.47. The Bertz CT molecular complexity index is 3020. The zero-order chi connectivity index (χ0) is 60.9. The Hall–Kier alpha value is -6.98. The summed E-state index contributed by atoms with van der Waals surface area (Å²) in [6.07, 6.45) is -11.0. The van der Waals surface area contributed by atoms with Crippen molar-refractivity contribution in [2.45, 2.75) is 115 Å². The first-order chi connectivity index (χ1) is 39.6. The molecule has 4 fully saturated rings. The number of halogens is 8. The summed E-state index contributed by atoms with van der Waals surface area (Å²) >= 11 is 0. The minimum atomic E-state index is -5.13. The Morgan fingerprint density at radius 3 is 1.95 bits per heavy atom. The number of alkyl carbamates (subject to hydrolysis) is 1. The molecule has 2 amide bonds. The van der Waals surface area contributed by atoms with Gasteiger partial charge in [0.15, 0.2) is 5.78 Å². The van der Waals surface area contributed by atoms with Crippen molar-refractivity contribution in [1.82, 2.24) is 30.6 Å². The highest BCUT2D eigenvalue weighted by Gasteiger charge is 2.57. The van der Waals surface area contributed by atoms with Gasteiger partial charge in [-0.05, 0) is 87.1 Å². The Balaban J connectivity index is 1.08. The van der Waals surface area contributed by atoms with E-state index < -0.39 is 114 Å². The molecule has 17 nitrogen and oxygen atoms in total. The van der Waals surface area contributed by atoms with E-state index in [-0.39, 0.29) is 23.8 Å². The zero-order valence-corrected chi connectivity index (χ0v) is 47.1. The van der Waals surface area contributed by atoms with Crippen LogP contribution in [0.2, 0.25) is 0 Å². The number of hydrogen-bond donors (Lipinski definition) is 3. The maximum atomic E-state index is 16.4. The first-order valence-electron chi connectivity index (χ1n) is 27.3. The first kappa shape index (κ1) is 63.1. The van der Waals surface area contributed by atoms with Crippen LogP contribution in [0.3, 0.4) is 0 Å². The molecule has 8 rings (SSSR count). The molecule has 3 N–H and O–H groups in total. The number of hydrogen-bond acceptors (Lipinski definition) is 15. The number of aromatic nitrogens is 2. The van der Waals surface area contributed by atoms with Crippen molar-refractivity contribution in [1.29, 1.82) is 0 Å². The number of ketones is 1. The number of pyridine rings is 2. The largest absolute Gasteiger partial charge is 0.485 e. The van der Waals surface area contributed by atoms with Gasteiger partial charge in [0.05, 0.1) is 81.7 Å². The van der Waals surface area contributed by atoms with Crippen LogP contribution in [0.4, 0.5) is 45.7 Å². The number of aliphatic hydroxyl groups excluding tert-OH is 1. The van der Waals surface area contributed by atoms with E-state index >= 15 is 8.78 Å². The fourth-order valence-electron chi connectivity index (χ4n) is 10.7. The fraction of sp³-hybridized carbons (Fsp3) is 0.525. The lowest BCUT2D eigenvalue weighted by atomic mass is 9.75. The van der Waals surface area contributed by atoms with Crippen molar-refractivity contribution in [3.63, 3.8) is 0 Å². The molecule has 2 aromatic carbocycles. The highest BCUT2D eigenvalue weighted by molar-refractivity contribution is 5.88. The van der Waals surface area contributed by atoms with Crippen LogP contribution in [0.25, 0.3) is 11.3 Å². The molecule has 2 bridgehead atoms. The predicted molar refractivity (Wildman–Crippen MR) is 287 cm³/mol. The fourth-order valence-corrected chi connectivity index (χ4v) is 10.7. The van der Waals surface area contributed by atoms with Crippen molar-refractivity contribution in [2.75, 3.05) is 65.2 Å². The number of Topliss-reactive ketones (excluding diaryl/α,β-unsaturated/α-hetero) is 1. The number of esters is 1. The summed E-state index contributed by atoms with van der Waals surface area (Å²) in [5.41, 5.74) is -2.97. The van der Waals surface area contributed by atoms with Crippen LogP contribution in [0.5, 0.6) is 5.75 Å². The maximum absolute atomic E-state index is 16.4. The Labute approximate surface area is 480 Å². The molecule has 454 valence electrons. The monoisotopic (exact) mass is 1190 g/mol. The van der Waals surface area contributed by atoms with Gasteiger partial charge in [-0.25, -0.2) is 23.6 Å². The third-order valence-corrected chi connectivity index (χ3v) is 16.3. The molecule has 2 unspecified atom stereocenters. The minimum Gasteiger partial charge on any atom is -0.485 e. The highest BCUT2D eigenvalue weighted by atomic mass is 19.4. The summed E-state index contributed by atoms with van der Waals surface area (Å²) in [6.45, 7) is 4.55. The highest BCUT2D eigenvalue weighted by Crippen LogP contribution is 2.46. The molecule has 0 aliphatic carbocycles. The molecule has 6 heterocycles. The smallest absolute Gasteiger partial charge is 0.407 e. The molecular formula is C59H67F8N7O10. The molecule has 4 aliphatic heterocycles. The first-order valence-corrected chi connectivity index (χ1v) is 27.3. The van der Waals surface area contributed by atoms with Gasteiger partial charge < -0.3 is 39.0 Å². The van der Waals surface area contributed by atoms with Crippen LogP contribution in [-0.4, -0.2) is 158 Å². The van der Waals surface area contributed by atoms with Crippen molar-refractivity contribution in [3.05, 3.63) is 107 Å². The molecule has 0 spiro atoms. The summed E-state index contributed by atoms with van der Waals surface area (Å²) in [7, 11) is 1.75. The summed E-state index contributed by atoms with van der Waals surface area (Å²) in [5.74, 6) is -2.88. The number of carbonyl (C=O) groups is 4. The standard InChI is InChI=1S/C59H67F8N7O10/c1-56(2,58(62,63)64)45(24-52(77)80-5)54(78)71-73(28-44-46(60)20-37(21-47(44)61)48-23-42(17-18-68-48)84-43-32-83-33-43)29-50(76)38(22-49(75)53(70-55(79)81-6)57(3,4)59(65,66)67)19-35-10-7-34(8-11-35)9-12-36-13-16-51(69-25-36)72-26-39-14-15-40(27-72)74(39)41-30-82-31-41/h7-8,10-11,13,16-18,20-21,23,25,38-41,43,45,50,53,76H,14-15,19,22,24,26-33H2,1-6H3,(H,70,79)(H,71,78)/t38-,39?,40?,45-,50+,53-/m1/s1. The lowest BCUT2D eigenvalue weighted by Crippen LogP contribution is -2.62. The molecular weight excluding hydrogens is 1120 g/mol. The van der Waals surface area contributed by atoms with Crippen LogP contribution in [-0.2, 0) is 46.3 Å². The Morgan fingerprint density at radius 1 is 0.786 bits per heavy atom. The molecule has 25 heteroatoms. The van der Waals surface area contributed by atoms with Gasteiger partial charge >= 0.3 is 24.4 Å². The van der Waals surface area contributed by atoms with E-state index in [2.05, 4.69) is 41.5 Å². The minimum absolute atomic E-state index is 0.0742. The van der Waals surface area contributed by atoms with Gasteiger partial charge in [-0.2, -0.15) is 26.3 Å². The predicted octanol–water partition coefficient (Wildman–Crippen LogP) is 7.74. The summed E-state index contributed by atoms with van der Waals surface area (Å²) in [6, 6.07) is 13.9. The number of methoxy groups -OCH3 is 2. The summed E-state index contributed by atoms with van der Waals surface area (Å²) < 4.78 is 146. The van der Waals surface area contributed by atoms with E-state index in [0.29, 0.717) is 86.5 Å². The topological polar surface area (TPSA) is 194 Å². The van der Waals surface area contributed by atoms with E-state index in [9.17, 15) is 50.6 Å². The van der Waals surface area contributed by atoms with Crippen LogP contribution < -0.4 is 20.4 Å². The number of ether oxygens (including phenoxy) is 5. The number of benzene rings is 2. The Morgan fingerprint density at radius 2 is 1.40 bits per heavy atom. The number of rotatable bonds is 22. The van der Waals surface area contributed by atoms with Gasteiger partial charge in [0, 0.05) is 85.4 Å². The van der Waals surface area contributed by atoms with Crippen molar-refractivity contribution < 1.29 is 83.1 Å². The summed E-state index contributed by atoms with van der Waals surface area (Å²) in [5, 5.41) is 14.9. The van der Waals surface area contributed by atoms with Gasteiger partial charge in [0.1, 0.15) is 35.3 Å². The van der Waals surface area contributed by atoms with Crippen molar-refractivity contribution >= 4 is 29.6 Å². The van der Waals surface area contributed by atoms with E-state index in [1.807, 2.05) is 17.4 Å². The second kappa shape index (κ2) is 26.1. The van der Waals surface area contributed by atoms with Crippen LogP contribution in [0.1, 0.15) is 75.6 Å². The normalized spacial score (nSPS) is 19.2. The molecule has 84 heavy (non-hydrogen) atoms. The van der Waals surface area contributed by atoms with E-state index in [4.69, 9.17) is 19.2 Å². The number of piperazine rings is 1. The number of nitrogens with one attached hydrogen (secondary N) is 2. The van der Waals surface area contributed by atoms with E-state index in [1.54, 1.807) is 30.5 Å². The van der Waals surface area contributed by atoms with Crippen molar-refractivity contribution in [3.8, 4) is 28.8 Å². The number of anilines is 1. The summed E-state index contributed by atoms with van der Waals surface area (Å²) in [4.78, 5) is 67.4. The van der Waals surface area contributed by atoms with E-state index in [0.717, 1.165) is 71.3 Å². The van der Waals surface area contributed by atoms with Crippen LogP contribution in [0, 0.1) is 46.1 Å². The third kappa shape index (κ3) is 14.7. The Kier molecular flexibility index (Phi) is 19.6.